The Labute approximate surface area is 135 Å². The van der Waals surface area contributed by atoms with E-state index in [0.717, 1.165) is 10.9 Å². The molecule has 2 fully saturated rings. The molecule has 0 unspecified atom stereocenters. The van der Waals surface area contributed by atoms with Crippen molar-refractivity contribution in [2.75, 3.05) is 19.7 Å². The number of nitrogens with one attached hydrogen (secondary N) is 1. The average molecular weight is 346 g/mol. The van der Waals surface area contributed by atoms with E-state index >= 15 is 0 Å². The Bertz CT molecular complexity index is 658. The van der Waals surface area contributed by atoms with Crippen molar-refractivity contribution in [2.45, 2.75) is 38.2 Å². The molecule has 0 radical (unpaired) electrons. The second kappa shape index (κ2) is 6.08. The number of rotatable bonds is 2. The number of fused-ring (bicyclic) bond motifs is 1. The van der Waals surface area contributed by atoms with Crippen LogP contribution < -0.4 is 5.32 Å². The molecule has 2 saturated heterocycles. The van der Waals surface area contributed by atoms with Gasteiger partial charge in [0.2, 0.25) is 5.91 Å². The van der Waals surface area contributed by atoms with Crippen molar-refractivity contribution < 1.29 is 27.5 Å². The van der Waals surface area contributed by atoms with Crippen LogP contribution in [0.15, 0.2) is 6.20 Å². The van der Waals surface area contributed by atoms with Crippen LogP contribution in [0.25, 0.3) is 0 Å². The largest absolute Gasteiger partial charge is 0.435 e. The second-order valence-corrected chi connectivity index (χ2v) is 5.81. The van der Waals surface area contributed by atoms with Crippen LogP contribution in [0.5, 0.6) is 0 Å². The van der Waals surface area contributed by atoms with Gasteiger partial charge in [0.15, 0.2) is 5.69 Å². The molecule has 7 nitrogen and oxygen atoms in total. The number of morpholine rings is 1. The summed E-state index contributed by atoms with van der Waals surface area (Å²) in [5, 5.41) is 6.17. The Morgan fingerprint density at radius 3 is 2.92 bits per heavy atom. The van der Waals surface area contributed by atoms with Crippen LogP contribution in [0.4, 0.5) is 13.2 Å². The van der Waals surface area contributed by atoms with Crippen molar-refractivity contribution in [2.24, 2.45) is 0 Å². The molecule has 132 valence electrons. The Morgan fingerprint density at radius 1 is 1.50 bits per heavy atom. The van der Waals surface area contributed by atoms with Crippen LogP contribution in [0.3, 0.4) is 0 Å². The van der Waals surface area contributed by atoms with Gasteiger partial charge in [-0.2, -0.15) is 18.3 Å². The zero-order chi connectivity index (χ0) is 17.5. The Kier molecular flexibility index (Phi) is 4.24. The molecule has 0 spiro atoms. The number of halogens is 3. The zero-order valence-electron chi connectivity index (χ0n) is 13.0. The molecule has 24 heavy (non-hydrogen) atoms. The summed E-state index contributed by atoms with van der Waals surface area (Å²) in [4.78, 5) is 25.3. The minimum Gasteiger partial charge on any atom is -0.366 e. The number of aryl methyl sites for hydroxylation is 1. The smallest absolute Gasteiger partial charge is 0.366 e. The molecule has 1 aromatic heterocycles. The fourth-order valence-electron chi connectivity index (χ4n) is 3.00. The van der Waals surface area contributed by atoms with Crippen molar-refractivity contribution in [1.29, 1.82) is 0 Å². The van der Waals surface area contributed by atoms with E-state index in [-0.39, 0.29) is 38.3 Å². The van der Waals surface area contributed by atoms with E-state index in [2.05, 4.69) is 10.4 Å². The van der Waals surface area contributed by atoms with Crippen LogP contribution in [0, 0.1) is 0 Å². The molecule has 10 heteroatoms. The molecule has 3 heterocycles. The SMILES string of the molecule is CCn1cc(C(=O)N2CC[C@@H]3OCC(=O)N[C@H]3C2)c(C(F)(F)F)n1. The van der Waals surface area contributed by atoms with Crippen LogP contribution in [0.2, 0.25) is 0 Å². The number of nitrogens with zero attached hydrogens (tertiary/aromatic N) is 3. The maximum Gasteiger partial charge on any atom is 0.435 e. The molecule has 0 bridgehead atoms. The summed E-state index contributed by atoms with van der Waals surface area (Å²) in [6.45, 7) is 2.22. The normalized spacial score (nSPS) is 24.5. The highest BCUT2D eigenvalue weighted by molar-refractivity contribution is 5.95. The van der Waals surface area contributed by atoms with Gasteiger partial charge in [-0.05, 0) is 13.3 Å². The first-order valence-electron chi connectivity index (χ1n) is 7.64. The number of ether oxygens (including phenoxy) is 1. The number of amides is 2. The number of piperidine rings is 1. The molecular weight excluding hydrogens is 329 g/mol. The molecule has 0 aliphatic carbocycles. The summed E-state index contributed by atoms with van der Waals surface area (Å²) in [6, 6.07) is -0.403. The van der Waals surface area contributed by atoms with E-state index in [1.54, 1.807) is 6.92 Å². The molecule has 1 aromatic rings. The van der Waals surface area contributed by atoms with Crippen molar-refractivity contribution in [3.63, 3.8) is 0 Å². The summed E-state index contributed by atoms with van der Waals surface area (Å²) in [5.41, 5.74) is -1.65. The first kappa shape index (κ1) is 16.7. The third-order valence-corrected chi connectivity index (χ3v) is 4.20. The fraction of sp³-hybridized carbons (Fsp3) is 0.643. The van der Waals surface area contributed by atoms with Gasteiger partial charge in [-0.25, -0.2) is 0 Å². The minimum absolute atomic E-state index is 0.0311. The Hall–Kier alpha value is -2.10. The van der Waals surface area contributed by atoms with Crippen molar-refractivity contribution >= 4 is 11.8 Å². The number of aromatic nitrogens is 2. The van der Waals surface area contributed by atoms with Gasteiger partial charge >= 0.3 is 6.18 Å². The fourth-order valence-corrected chi connectivity index (χ4v) is 3.00. The van der Waals surface area contributed by atoms with Gasteiger partial charge in [0, 0.05) is 25.8 Å². The van der Waals surface area contributed by atoms with Crippen LogP contribution >= 0.6 is 0 Å². The van der Waals surface area contributed by atoms with E-state index < -0.39 is 29.4 Å². The van der Waals surface area contributed by atoms with Gasteiger partial charge in [0.25, 0.3) is 5.91 Å². The minimum atomic E-state index is -4.70. The van der Waals surface area contributed by atoms with Gasteiger partial charge in [0.05, 0.1) is 17.7 Å². The number of hydrogen-bond acceptors (Lipinski definition) is 4. The van der Waals surface area contributed by atoms with Gasteiger partial charge in [-0.15, -0.1) is 0 Å². The summed E-state index contributed by atoms with van der Waals surface area (Å²) in [5.74, 6) is -1.03. The van der Waals surface area contributed by atoms with Crippen molar-refractivity contribution in [1.82, 2.24) is 20.0 Å². The van der Waals surface area contributed by atoms with Crippen molar-refractivity contribution in [3.8, 4) is 0 Å². The lowest BCUT2D eigenvalue weighted by molar-refractivity contribution is -0.141. The quantitative estimate of drug-likeness (QED) is 0.853. The molecule has 0 saturated carbocycles. The van der Waals surface area contributed by atoms with Gasteiger partial charge in [-0.1, -0.05) is 0 Å². The van der Waals surface area contributed by atoms with Gasteiger partial charge in [-0.3, -0.25) is 14.3 Å². The molecule has 2 aliphatic rings. The van der Waals surface area contributed by atoms with Gasteiger partial charge in [0.1, 0.15) is 6.61 Å². The monoisotopic (exact) mass is 346 g/mol. The molecule has 2 amide bonds. The molecular formula is C14H17F3N4O3. The second-order valence-electron chi connectivity index (χ2n) is 5.81. The molecule has 1 N–H and O–H groups in total. The van der Waals surface area contributed by atoms with E-state index in [9.17, 15) is 22.8 Å². The zero-order valence-corrected chi connectivity index (χ0v) is 13.0. The van der Waals surface area contributed by atoms with E-state index in [1.807, 2.05) is 0 Å². The maximum absolute atomic E-state index is 13.1. The lowest BCUT2D eigenvalue weighted by Crippen LogP contribution is -2.61. The van der Waals surface area contributed by atoms with E-state index in [0.29, 0.717) is 6.42 Å². The van der Waals surface area contributed by atoms with Crippen molar-refractivity contribution in [3.05, 3.63) is 17.5 Å². The lowest BCUT2D eigenvalue weighted by atomic mass is 9.99. The van der Waals surface area contributed by atoms with E-state index in [1.165, 1.54) is 4.90 Å². The van der Waals surface area contributed by atoms with Gasteiger partial charge < -0.3 is 15.0 Å². The number of carbonyl (C=O) groups is 2. The third-order valence-electron chi connectivity index (χ3n) is 4.20. The first-order chi connectivity index (χ1) is 11.3. The first-order valence-corrected chi connectivity index (χ1v) is 7.64. The topological polar surface area (TPSA) is 76.5 Å². The highest BCUT2D eigenvalue weighted by atomic mass is 19.4. The average Bonchev–Trinajstić information content (AvgIpc) is 2.98. The summed E-state index contributed by atoms with van der Waals surface area (Å²) in [7, 11) is 0. The summed E-state index contributed by atoms with van der Waals surface area (Å²) in [6.07, 6.45) is -3.34. The summed E-state index contributed by atoms with van der Waals surface area (Å²) < 4.78 is 45.8. The Morgan fingerprint density at radius 2 is 2.25 bits per heavy atom. The number of likely N-dealkylation sites (tertiary alicyclic amines) is 1. The predicted molar refractivity (Wildman–Crippen MR) is 75.1 cm³/mol. The third kappa shape index (κ3) is 3.10. The Balaban J connectivity index is 1.82. The summed E-state index contributed by atoms with van der Waals surface area (Å²) >= 11 is 0. The molecule has 2 aliphatic heterocycles. The van der Waals surface area contributed by atoms with Crippen LogP contribution in [-0.4, -0.2) is 58.3 Å². The molecule has 0 aromatic carbocycles. The van der Waals surface area contributed by atoms with Crippen LogP contribution in [-0.2, 0) is 22.3 Å². The standard InChI is InChI=1S/C14H17F3N4O3/c1-2-21-5-8(12(19-21)14(15,16)17)13(23)20-4-3-10-9(6-20)18-11(22)7-24-10/h5,9-10H,2-4,6-7H2,1H3,(H,18,22)/t9-,10-/m0/s1. The number of alkyl halides is 3. The number of carbonyl (C=O) groups excluding carboxylic acids is 2. The molecule has 2 atom stereocenters. The molecule has 3 rings (SSSR count). The number of hydrogen-bond donors (Lipinski definition) is 1. The highest BCUT2D eigenvalue weighted by Gasteiger charge is 2.42. The maximum atomic E-state index is 13.1. The van der Waals surface area contributed by atoms with E-state index in [4.69, 9.17) is 4.74 Å². The highest BCUT2D eigenvalue weighted by Crippen LogP contribution is 2.32. The lowest BCUT2D eigenvalue weighted by Gasteiger charge is -2.41. The van der Waals surface area contributed by atoms with Crippen LogP contribution in [0.1, 0.15) is 29.4 Å². The predicted octanol–water partition coefficient (Wildman–Crippen LogP) is 0.651.